The number of hydrogen-bond donors (Lipinski definition) is 1. The molecule has 27 heavy (non-hydrogen) atoms. The highest BCUT2D eigenvalue weighted by Gasteiger charge is 2.20. The summed E-state index contributed by atoms with van der Waals surface area (Å²) in [6, 6.07) is 11.7. The summed E-state index contributed by atoms with van der Waals surface area (Å²) in [6.07, 6.45) is 1.87. The molecule has 1 saturated heterocycles. The fraction of sp³-hybridized carbons (Fsp3) is 0.350. The highest BCUT2D eigenvalue weighted by molar-refractivity contribution is 7.99. The van der Waals surface area contributed by atoms with Gasteiger partial charge < -0.3 is 10.2 Å². The van der Waals surface area contributed by atoms with Crippen LogP contribution in [0.5, 0.6) is 0 Å². The standard InChI is InChI=1S/C20H23N5OS/c1-14-13-25-18(19(21-14)24-8-10-27-11-9-24)12-17(23-25)20(26)22-15(2)16-6-4-3-5-7-16/h3-7,12-13,15H,8-11H2,1-2H3,(H,22,26)/t15-/m1/s1. The molecule has 1 aromatic carbocycles. The first-order valence-electron chi connectivity index (χ1n) is 9.17. The van der Waals surface area contributed by atoms with Crippen molar-refractivity contribution >= 4 is 29.0 Å². The third kappa shape index (κ3) is 3.78. The van der Waals surface area contributed by atoms with E-state index in [0.29, 0.717) is 5.69 Å². The lowest BCUT2D eigenvalue weighted by Gasteiger charge is -2.28. The molecule has 1 atom stereocenters. The van der Waals surface area contributed by atoms with Crippen LogP contribution in [-0.4, -0.2) is 45.1 Å². The molecule has 1 fully saturated rings. The average Bonchev–Trinajstić information content (AvgIpc) is 3.12. The second-order valence-electron chi connectivity index (χ2n) is 6.77. The Morgan fingerprint density at radius 1 is 1.22 bits per heavy atom. The quantitative estimate of drug-likeness (QED) is 0.752. The molecule has 4 rings (SSSR count). The van der Waals surface area contributed by atoms with Gasteiger partial charge in [-0.15, -0.1) is 0 Å². The van der Waals surface area contributed by atoms with Gasteiger partial charge in [0.15, 0.2) is 11.5 Å². The summed E-state index contributed by atoms with van der Waals surface area (Å²) < 4.78 is 1.78. The molecule has 1 N–H and O–H groups in total. The van der Waals surface area contributed by atoms with E-state index in [1.165, 1.54) is 0 Å². The number of anilines is 1. The van der Waals surface area contributed by atoms with Gasteiger partial charge in [0.05, 0.1) is 17.9 Å². The second kappa shape index (κ2) is 7.60. The molecule has 1 aliphatic rings. The Balaban J connectivity index is 1.62. The number of aromatic nitrogens is 3. The van der Waals surface area contributed by atoms with Crippen LogP contribution < -0.4 is 10.2 Å². The molecular weight excluding hydrogens is 358 g/mol. The molecule has 0 bridgehead atoms. The van der Waals surface area contributed by atoms with E-state index in [1.54, 1.807) is 4.52 Å². The van der Waals surface area contributed by atoms with Crippen molar-refractivity contribution < 1.29 is 4.79 Å². The van der Waals surface area contributed by atoms with Crippen molar-refractivity contribution in [2.24, 2.45) is 0 Å². The minimum absolute atomic E-state index is 0.0815. The van der Waals surface area contributed by atoms with E-state index in [2.05, 4.69) is 15.3 Å². The van der Waals surface area contributed by atoms with Crippen LogP contribution in [-0.2, 0) is 0 Å². The van der Waals surface area contributed by atoms with Crippen molar-refractivity contribution in [1.29, 1.82) is 0 Å². The Bertz CT molecular complexity index is 950. The SMILES string of the molecule is Cc1cn2nc(C(=O)N[C@H](C)c3ccccc3)cc2c(N2CCSCC2)n1. The fourth-order valence-electron chi connectivity index (χ4n) is 3.30. The number of amides is 1. The largest absolute Gasteiger partial charge is 0.353 e. The van der Waals surface area contributed by atoms with Gasteiger partial charge in [0, 0.05) is 30.7 Å². The number of nitrogens with zero attached hydrogens (tertiary/aromatic N) is 4. The minimum Gasteiger partial charge on any atom is -0.353 e. The predicted octanol–water partition coefficient (Wildman–Crippen LogP) is 3.08. The lowest BCUT2D eigenvalue weighted by Crippen LogP contribution is -2.33. The maximum absolute atomic E-state index is 12.7. The van der Waals surface area contributed by atoms with Crippen molar-refractivity contribution in [2.75, 3.05) is 29.5 Å². The minimum atomic E-state index is -0.173. The van der Waals surface area contributed by atoms with E-state index < -0.39 is 0 Å². The van der Waals surface area contributed by atoms with E-state index in [-0.39, 0.29) is 11.9 Å². The summed E-state index contributed by atoms with van der Waals surface area (Å²) in [7, 11) is 0. The van der Waals surface area contributed by atoms with Crippen LogP contribution >= 0.6 is 11.8 Å². The van der Waals surface area contributed by atoms with Crippen LogP contribution in [0.1, 0.15) is 34.7 Å². The molecule has 3 aromatic rings. The Hall–Kier alpha value is -2.54. The number of benzene rings is 1. The smallest absolute Gasteiger partial charge is 0.272 e. The summed E-state index contributed by atoms with van der Waals surface area (Å²) in [6.45, 7) is 5.87. The lowest BCUT2D eigenvalue weighted by atomic mass is 10.1. The van der Waals surface area contributed by atoms with Crippen molar-refractivity contribution in [2.45, 2.75) is 19.9 Å². The highest BCUT2D eigenvalue weighted by Crippen LogP contribution is 2.24. The lowest BCUT2D eigenvalue weighted by molar-refractivity contribution is 0.0934. The van der Waals surface area contributed by atoms with E-state index in [1.807, 2.05) is 68.2 Å². The Kier molecular flexibility index (Phi) is 5.03. The van der Waals surface area contributed by atoms with Gasteiger partial charge in [0.2, 0.25) is 0 Å². The van der Waals surface area contributed by atoms with Gasteiger partial charge >= 0.3 is 0 Å². The number of carbonyl (C=O) groups is 1. The zero-order valence-corrected chi connectivity index (χ0v) is 16.4. The normalized spacial score (nSPS) is 15.7. The predicted molar refractivity (Wildman–Crippen MR) is 110 cm³/mol. The second-order valence-corrected chi connectivity index (χ2v) is 8.00. The van der Waals surface area contributed by atoms with Crippen molar-refractivity contribution in [1.82, 2.24) is 19.9 Å². The van der Waals surface area contributed by atoms with Crippen LogP contribution in [0.25, 0.3) is 5.52 Å². The van der Waals surface area contributed by atoms with Crippen molar-refractivity contribution in [3.63, 3.8) is 0 Å². The number of hydrogen-bond acceptors (Lipinski definition) is 5. The van der Waals surface area contributed by atoms with Crippen LogP contribution in [0.2, 0.25) is 0 Å². The molecule has 2 aromatic heterocycles. The topological polar surface area (TPSA) is 62.5 Å². The molecular formula is C20H23N5OS. The zero-order chi connectivity index (χ0) is 18.8. The summed E-state index contributed by atoms with van der Waals surface area (Å²) in [5.41, 5.74) is 3.25. The number of fused-ring (bicyclic) bond motifs is 1. The fourth-order valence-corrected chi connectivity index (χ4v) is 4.21. The molecule has 0 saturated carbocycles. The van der Waals surface area contributed by atoms with Gasteiger partial charge in [0.25, 0.3) is 5.91 Å². The van der Waals surface area contributed by atoms with E-state index in [9.17, 15) is 4.79 Å². The molecule has 0 radical (unpaired) electrons. The molecule has 0 spiro atoms. The maximum atomic E-state index is 12.7. The van der Waals surface area contributed by atoms with Gasteiger partial charge in [-0.25, -0.2) is 9.50 Å². The molecule has 7 heteroatoms. The Labute approximate surface area is 163 Å². The first kappa shape index (κ1) is 17.9. The van der Waals surface area contributed by atoms with E-state index >= 15 is 0 Å². The number of aryl methyl sites for hydroxylation is 1. The summed E-state index contributed by atoms with van der Waals surface area (Å²) >= 11 is 1.96. The number of rotatable bonds is 4. The Morgan fingerprint density at radius 3 is 2.70 bits per heavy atom. The third-order valence-electron chi connectivity index (χ3n) is 4.75. The summed E-state index contributed by atoms with van der Waals surface area (Å²) in [5.74, 6) is 2.93. The summed E-state index contributed by atoms with van der Waals surface area (Å²) in [4.78, 5) is 19.8. The molecule has 6 nitrogen and oxygen atoms in total. The van der Waals surface area contributed by atoms with Gasteiger partial charge in [-0.2, -0.15) is 16.9 Å². The Morgan fingerprint density at radius 2 is 1.96 bits per heavy atom. The van der Waals surface area contributed by atoms with Gasteiger partial charge in [-0.05, 0) is 19.4 Å². The van der Waals surface area contributed by atoms with Crippen LogP contribution in [0, 0.1) is 6.92 Å². The molecule has 3 heterocycles. The monoisotopic (exact) mass is 381 g/mol. The number of nitrogens with one attached hydrogen (secondary N) is 1. The van der Waals surface area contributed by atoms with E-state index in [0.717, 1.165) is 47.2 Å². The number of carbonyl (C=O) groups excluding carboxylic acids is 1. The third-order valence-corrected chi connectivity index (χ3v) is 5.69. The average molecular weight is 382 g/mol. The van der Waals surface area contributed by atoms with Gasteiger partial charge in [0.1, 0.15) is 5.52 Å². The molecule has 0 aliphatic carbocycles. The maximum Gasteiger partial charge on any atom is 0.272 e. The van der Waals surface area contributed by atoms with Crippen LogP contribution in [0.4, 0.5) is 5.82 Å². The van der Waals surface area contributed by atoms with Crippen LogP contribution in [0.15, 0.2) is 42.6 Å². The first-order chi connectivity index (χ1) is 13.1. The van der Waals surface area contributed by atoms with Gasteiger partial charge in [-0.3, -0.25) is 4.79 Å². The molecule has 0 unspecified atom stereocenters. The zero-order valence-electron chi connectivity index (χ0n) is 15.6. The highest BCUT2D eigenvalue weighted by atomic mass is 32.2. The van der Waals surface area contributed by atoms with Crippen molar-refractivity contribution in [3.05, 3.63) is 59.5 Å². The van der Waals surface area contributed by atoms with Crippen molar-refractivity contribution in [3.8, 4) is 0 Å². The summed E-state index contributed by atoms with van der Waals surface area (Å²) in [5, 5.41) is 7.54. The van der Waals surface area contributed by atoms with E-state index in [4.69, 9.17) is 4.98 Å². The molecule has 140 valence electrons. The van der Waals surface area contributed by atoms with Crippen LogP contribution in [0.3, 0.4) is 0 Å². The first-order valence-corrected chi connectivity index (χ1v) is 10.3. The molecule has 1 aliphatic heterocycles. The van der Waals surface area contributed by atoms with Gasteiger partial charge in [-0.1, -0.05) is 30.3 Å². The number of thioether (sulfide) groups is 1. The molecule has 1 amide bonds.